The first kappa shape index (κ1) is 26.4. The largest absolute Gasteiger partial charge is 0.490 e. The van der Waals surface area contributed by atoms with Crippen molar-refractivity contribution < 1.29 is 27.9 Å². The summed E-state index contributed by atoms with van der Waals surface area (Å²) >= 11 is 0. The van der Waals surface area contributed by atoms with Crippen LogP contribution in [0.1, 0.15) is 61.0 Å². The molecule has 0 radical (unpaired) electrons. The summed E-state index contributed by atoms with van der Waals surface area (Å²) in [4.78, 5) is 20.4. The third-order valence-corrected chi connectivity index (χ3v) is 5.83. The Labute approximate surface area is 192 Å². The maximum atomic E-state index is 11.5. The van der Waals surface area contributed by atoms with Gasteiger partial charge in [-0.1, -0.05) is 44.2 Å². The van der Waals surface area contributed by atoms with Gasteiger partial charge < -0.3 is 16.2 Å². The molecule has 1 amide bonds. The lowest BCUT2D eigenvalue weighted by atomic mass is 9.75. The molecule has 0 atom stereocenters. The topological polar surface area (TPSA) is 92.4 Å². The highest BCUT2D eigenvalue weighted by Crippen LogP contribution is 2.35. The van der Waals surface area contributed by atoms with Crippen LogP contribution in [-0.4, -0.2) is 29.2 Å². The SMILES string of the molecule is Cc1cc(C(N)=O)cc(-c2ccc(CNC3CCC(C)(C)CC3)cc2)c1.O=C(O)C(F)(F)F. The predicted molar refractivity (Wildman–Crippen MR) is 122 cm³/mol. The lowest BCUT2D eigenvalue weighted by Gasteiger charge is -2.34. The number of carboxylic acid groups (broad SMARTS) is 1. The minimum atomic E-state index is -5.08. The van der Waals surface area contributed by atoms with Gasteiger partial charge >= 0.3 is 12.1 Å². The van der Waals surface area contributed by atoms with E-state index in [1.807, 2.05) is 19.1 Å². The minimum absolute atomic E-state index is 0.383. The van der Waals surface area contributed by atoms with E-state index in [0.29, 0.717) is 17.0 Å². The van der Waals surface area contributed by atoms with Gasteiger partial charge in [-0.3, -0.25) is 4.79 Å². The summed E-state index contributed by atoms with van der Waals surface area (Å²) in [7, 11) is 0. The highest BCUT2D eigenvalue weighted by Gasteiger charge is 2.38. The summed E-state index contributed by atoms with van der Waals surface area (Å²) in [5.74, 6) is -3.14. The van der Waals surface area contributed by atoms with Crippen LogP contribution >= 0.6 is 0 Å². The fourth-order valence-electron chi connectivity index (χ4n) is 3.77. The van der Waals surface area contributed by atoms with E-state index in [4.69, 9.17) is 15.6 Å². The number of primary amides is 1. The Morgan fingerprint density at radius 1 is 1.06 bits per heavy atom. The lowest BCUT2D eigenvalue weighted by molar-refractivity contribution is -0.192. The van der Waals surface area contributed by atoms with Crippen molar-refractivity contribution in [2.75, 3.05) is 0 Å². The van der Waals surface area contributed by atoms with Crippen molar-refractivity contribution in [2.45, 2.75) is 65.2 Å². The number of benzene rings is 2. The van der Waals surface area contributed by atoms with Gasteiger partial charge in [0.25, 0.3) is 0 Å². The molecular weight excluding hydrogens is 433 g/mol. The molecule has 0 unspecified atom stereocenters. The molecule has 1 aliphatic rings. The van der Waals surface area contributed by atoms with E-state index in [9.17, 15) is 18.0 Å². The normalized spacial score (nSPS) is 15.9. The number of halogens is 3. The van der Waals surface area contributed by atoms with Crippen LogP contribution in [0.2, 0.25) is 0 Å². The molecule has 8 heteroatoms. The van der Waals surface area contributed by atoms with E-state index < -0.39 is 12.1 Å². The summed E-state index contributed by atoms with van der Waals surface area (Å²) in [6.07, 6.45) is 0.0624. The zero-order valence-corrected chi connectivity index (χ0v) is 19.1. The number of nitrogens with one attached hydrogen (secondary N) is 1. The van der Waals surface area contributed by atoms with Crippen LogP contribution in [0.25, 0.3) is 11.1 Å². The third kappa shape index (κ3) is 8.53. The van der Waals surface area contributed by atoms with Gasteiger partial charge in [0.1, 0.15) is 0 Å². The van der Waals surface area contributed by atoms with Gasteiger partial charge in [-0.05, 0) is 72.4 Å². The number of carbonyl (C=O) groups is 2. The van der Waals surface area contributed by atoms with Crippen molar-refractivity contribution in [2.24, 2.45) is 11.1 Å². The van der Waals surface area contributed by atoms with Crippen molar-refractivity contribution in [3.05, 3.63) is 59.2 Å². The highest BCUT2D eigenvalue weighted by atomic mass is 19.4. The van der Waals surface area contributed by atoms with Crippen LogP contribution < -0.4 is 11.1 Å². The second kappa shape index (κ2) is 10.8. The average molecular weight is 465 g/mol. The van der Waals surface area contributed by atoms with E-state index in [1.54, 1.807) is 0 Å². The number of alkyl halides is 3. The zero-order chi connectivity index (χ0) is 24.8. The zero-order valence-electron chi connectivity index (χ0n) is 19.1. The molecule has 2 aromatic carbocycles. The molecule has 180 valence electrons. The van der Waals surface area contributed by atoms with E-state index in [-0.39, 0.29) is 5.91 Å². The summed E-state index contributed by atoms with van der Waals surface area (Å²) < 4.78 is 31.7. The Hall–Kier alpha value is -2.87. The van der Waals surface area contributed by atoms with E-state index in [1.165, 1.54) is 31.2 Å². The molecule has 3 rings (SSSR count). The van der Waals surface area contributed by atoms with E-state index in [0.717, 1.165) is 23.2 Å². The van der Waals surface area contributed by atoms with E-state index >= 15 is 0 Å². The number of aliphatic carboxylic acids is 1. The van der Waals surface area contributed by atoms with Crippen LogP contribution in [0.3, 0.4) is 0 Å². The van der Waals surface area contributed by atoms with Gasteiger partial charge in [0, 0.05) is 18.2 Å². The molecule has 33 heavy (non-hydrogen) atoms. The van der Waals surface area contributed by atoms with E-state index in [2.05, 4.69) is 49.5 Å². The van der Waals surface area contributed by atoms with Gasteiger partial charge in [-0.2, -0.15) is 13.2 Å². The first-order chi connectivity index (χ1) is 15.3. The molecule has 1 aliphatic carbocycles. The molecule has 2 aromatic rings. The molecule has 1 saturated carbocycles. The van der Waals surface area contributed by atoms with Gasteiger partial charge in [0.15, 0.2) is 0 Å². The number of aryl methyl sites for hydroxylation is 1. The fourth-order valence-corrected chi connectivity index (χ4v) is 3.77. The molecular formula is C25H31F3N2O3. The number of rotatable bonds is 5. The first-order valence-electron chi connectivity index (χ1n) is 10.8. The second-order valence-corrected chi connectivity index (χ2v) is 9.27. The summed E-state index contributed by atoms with van der Waals surface area (Å²) in [6.45, 7) is 7.64. The standard InChI is InChI=1S/C23H30N2O.C2HF3O2/c1-16-12-19(14-20(13-16)22(24)26)18-6-4-17(5-7-18)15-25-21-8-10-23(2,3)11-9-21;3-2(4,5)1(6)7/h4-7,12-14,21,25H,8-11,15H2,1-3H3,(H2,24,26);(H,6,7). The van der Waals surface area contributed by atoms with Gasteiger partial charge in [0.05, 0.1) is 0 Å². The van der Waals surface area contributed by atoms with Crippen LogP contribution in [0.5, 0.6) is 0 Å². The molecule has 4 N–H and O–H groups in total. The van der Waals surface area contributed by atoms with Crippen LogP contribution in [-0.2, 0) is 11.3 Å². The second-order valence-electron chi connectivity index (χ2n) is 9.27. The first-order valence-corrected chi connectivity index (χ1v) is 10.8. The summed E-state index contributed by atoms with van der Waals surface area (Å²) in [5.41, 5.74) is 11.0. The van der Waals surface area contributed by atoms with Gasteiger partial charge in [-0.25, -0.2) is 4.79 Å². The van der Waals surface area contributed by atoms with Crippen molar-refractivity contribution in [1.82, 2.24) is 5.32 Å². The van der Waals surface area contributed by atoms with Crippen molar-refractivity contribution in [3.63, 3.8) is 0 Å². The molecule has 0 aliphatic heterocycles. The Morgan fingerprint density at radius 3 is 2.09 bits per heavy atom. The number of amides is 1. The highest BCUT2D eigenvalue weighted by molar-refractivity contribution is 5.94. The molecule has 0 saturated heterocycles. The van der Waals surface area contributed by atoms with Crippen molar-refractivity contribution in [3.8, 4) is 11.1 Å². The predicted octanol–water partition coefficient (Wildman–Crippen LogP) is 5.45. The maximum absolute atomic E-state index is 11.5. The average Bonchev–Trinajstić information content (AvgIpc) is 2.72. The van der Waals surface area contributed by atoms with Crippen LogP contribution in [0.4, 0.5) is 13.2 Å². The summed E-state index contributed by atoms with van der Waals surface area (Å²) in [5, 5.41) is 10.8. The third-order valence-electron chi connectivity index (χ3n) is 5.83. The molecule has 0 heterocycles. The van der Waals surface area contributed by atoms with Crippen LogP contribution in [0, 0.1) is 12.3 Å². The maximum Gasteiger partial charge on any atom is 0.490 e. The quantitative estimate of drug-likeness (QED) is 0.548. The number of hydrogen-bond acceptors (Lipinski definition) is 3. The monoisotopic (exact) mass is 464 g/mol. The Bertz CT molecular complexity index is 960. The Morgan fingerprint density at radius 2 is 1.61 bits per heavy atom. The summed E-state index contributed by atoms with van der Waals surface area (Å²) in [6, 6.07) is 15.0. The molecule has 0 aromatic heterocycles. The number of nitrogens with two attached hydrogens (primary N) is 1. The Kier molecular flexibility index (Phi) is 8.66. The fraction of sp³-hybridized carbons (Fsp3) is 0.440. The smallest absolute Gasteiger partial charge is 0.475 e. The number of carboxylic acids is 1. The number of hydrogen-bond donors (Lipinski definition) is 3. The molecule has 0 bridgehead atoms. The Balaban J connectivity index is 0.000000479. The molecule has 1 fully saturated rings. The van der Waals surface area contributed by atoms with Crippen molar-refractivity contribution >= 4 is 11.9 Å². The molecule has 0 spiro atoms. The minimum Gasteiger partial charge on any atom is -0.475 e. The number of carbonyl (C=O) groups excluding carboxylic acids is 1. The van der Waals surface area contributed by atoms with Gasteiger partial charge in [-0.15, -0.1) is 0 Å². The van der Waals surface area contributed by atoms with Crippen molar-refractivity contribution in [1.29, 1.82) is 0 Å². The molecule has 5 nitrogen and oxygen atoms in total. The van der Waals surface area contributed by atoms with Gasteiger partial charge in [0.2, 0.25) is 5.91 Å². The van der Waals surface area contributed by atoms with Crippen LogP contribution in [0.15, 0.2) is 42.5 Å². The lowest BCUT2D eigenvalue weighted by Crippen LogP contribution is -2.35.